The standard InChI is InChI=1S/C22H32N2O5/c1-14(2)16-5-7-18(8-6-16)29-22(27)24-12-17(13-24)21(26)23-11-15-4-9-19(25)20(10-15)28-3/h4,9-10,14,16-18,25H,5-8,11-13H2,1-3H3,(H,23,26). The molecule has 7 nitrogen and oxygen atoms in total. The molecular weight excluding hydrogens is 372 g/mol. The van der Waals surface area contributed by atoms with Gasteiger partial charge in [0.15, 0.2) is 11.5 Å². The van der Waals surface area contributed by atoms with Crippen molar-refractivity contribution in [2.45, 2.75) is 52.2 Å². The first-order valence-electron chi connectivity index (χ1n) is 10.5. The van der Waals surface area contributed by atoms with E-state index in [1.807, 2.05) is 0 Å². The molecule has 2 fully saturated rings. The molecule has 2 amide bonds. The van der Waals surface area contributed by atoms with E-state index in [9.17, 15) is 14.7 Å². The summed E-state index contributed by atoms with van der Waals surface area (Å²) in [6.07, 6.45) is 3.80. The molecular formula is C22H32N2O5. The van der Waals surface area contributed by atoms with E-state index in [1.54, 1.807) is 17.0 Å². The molecule has 0 atom stereocenters. The van der Waals surface area contributed by atoms with Gasteiger partial charge in [0.25, 0.3) is 0 Å². The van der Waals surface area contributed by atoms with Crippen LogP contribution in [-0.4, -0.2) is 48.3 Å². The summed E-state index contributed by atoms with van der Waals surface area (Å²) in [5.74, 6) is 1.56. The lowest BCUT2D eigenvalue weighted by Gasteiger charge is -2.39. The number of methoxy groups -OCH3 is 1. The van der Waals surface area contributed by atoms with Crippen LogP contribution in [-0.2, 0) is 16.1 Å². The first-order chi connectivity index (χ1) is 13.9. The zero-order valence-electron chi connectivity index (χ0n) is 17.5. The minimum absolute atomic E-state index is 0.00912. The van der Waals surface area contributed by atoms with Crippen molar-refractivity contribution in [2.75, 3.05) is 20.2 Å². The minimum Gasteiger partial charge on any atom is -0.504 e. The number of carbonyl (C=O) groups is 2. The highest BCUT2D eigenvalue weighted by molar-refractivity contribution is 5.82. The summed E-state index contributed by atoms with van der Waals surface area (Å²) in [6, 6.07) is 4.96. The quantitative estimate of drug-likeness (QED) is 0.760. The number of nitrogens with one attached hydrogen (secondary N) is 1. The van der Waals surface area contributed by atoms with Gasteiger partial charge in [0.1, 0.15) is 6.10 Å². The molecule has 1 heterocycles. The van der Waals surface area contributed by atoms with Gasteiger partial charge in [0.05, 0.1) is 13.0 Å². The number of amides is 2. The van der Waals surface area contributed by atoms with Crippen LogP contribution in [0.15, 0.2) is 18.2 Å². The maximum Gasteiger partial charge on any atom is 0.410 e. The smallest absolute Gasteiger partial charge is 0.410 e. The molecule has 160 valence electrons. The van der Waals surface area contributed by atoms with Crippen molar-refractivity contribution in [2.24, 2.45) is 17.8 Å². The number of ether oxygens (including phenoxy) is 2. The molecule has 3 rings (SSSR count). The third-order valence-corrected chi connectivity index (χ3v) is 6.15. The van der Waals surface area contributed by atoms with Crippen molar-refractivity contribution < 1.29 is 24.2 Å². The van der Waals surface area contributed by atoms with Crippen LogP contribution in [0.25, 0.3) is 0 Å². The van der Waals surface area contributed by atoms with Crippen LogP contribution < -0.4 is 10.1 Å². The van der Waals surface area contributed by atoms with Crippen LogP contribution in [0.5, 0.6) is 11.5 Å². The highest BCUT2D eigenvalue weighted by Gasteiger charge is 2.37. The van der Waals surface area contributed by atoms with Crippen molar-refractivity contribution in [3.8, 4) is 11.5 Å². The van der Waals surface area contributed by atoms with Crippen molar-refractivity contribution in [1.29, 1.82) is 0 Å². The molecule has 7 heteroatoms. The highest BCUT2D eigenvalue weighted by Crippen LogP contribution is 2.32. The molecule has 1 saturated carbocycles. The number of likely N-dealkylation sites (tertiary alicyclic amines) is 1. The number of aromatic hydroxyl groups is 1. The van der Waals surface area contributed by atoms with E-state index in [0.29, 0.717) is 31.3 Å². The van der Waals surface area contributed by atoms with Crippen molar-refractivity contribution in [3.63, 3.8) is 0 Å². The summed E-state index contributed by atoms with van der Waals surface area (Å²) in [5, 5.41) is 12.5. The summed E-state index contributed by atoms with van der Waals surface area (Å²) in [4.78, 5) is 26.2. The summed E-state index contributed by atoms with van der Waals surface area (Å²) >= 11 is 0. The van der Waals surface area contributed by atoms with E-state index < -0.39 is 0 Å². The van der Waals surface area contributed by atoms with Gasteiger partial charge < -0.3 is 24.8 Å². The Morgan fingerprint density at radius 2 is 1.90 bits per heavy atom. The van der Waals surface area contributed by atoms with Gasteiger partial charge in [-0.1, -0.05) is 19.9 Å². The van der Waals surface area contributed by atoms with Gasteiger partial charge in [0, 0.05) is 19.6 Å². The molecule has 2 aliphatic rings. The number of carbonyl (C=O) groups excluding carboxylic acids is 2. The van der Waals surface area contributed by atoms with E-state index in [2.05, 4.69) is 19.2 Å². The number of phenols is 1. The number of hydrogen-bond acceptors (Lipinski definition) is 5. The van der Waals surface area contributed by atoms with Crippen LogP contribution in [0.3, 0.4) is 0 Å². The van der Waals surface area contributed by atoms with E-state index in [4.69, 9.17) is 9.47 Å². The Balaban J connectivity index is 1.37. The lowest BCUT2D eigenvalue weighted by Crippen LogP contribution is -2.56. The second-order valence-corrected chi connectivity index (χ2v) is 8.49. The van der Waals surface area contributed by atoms with E-state index in [1.165, 1.54) is 13.2 Å². The number of phenolic OH excluding ortho intramolecular Hbond substituents is 1. The van der Waals surface area contributed by atoms with Gasteiger partial charge in [-0.2, -0.15) is 0 Å². The largest absolute Gasteiger partial charge is 0.504 e. The van der Waals surface area contributed by atoms with Crippen LogP contribution in [0.1, 0.15) is 45.1 Å². The molecule has 1 aliphatic carbocycles. The highest BCUT2D eigenvalue weighted by atomic mass is 16.6. The van der Waals surface area contributed by atoms with Gasteiger partial charge in [-0.05, 0) is 55.2 Å². The van der Waals surface area contributed by atoms with E-state index >= 15 is 0 Å². The predicted molar refractivity (Wildman–Crippen MR) is 109 cm³/mol. The molecule has 2 N–H and O–H groups in total. The number of rotatable bonds is 6. The second kappa shape index (κ2) is 9.37. The zero-order valence-corrected chi connectivity index (χ0v) is 17.5. The first kappa shape index (κ1) is 21.3. The predicted octanol–water partition coefficient (Wildman–Crippen LogP) is 3.30. The maximum atomic E-state index is 12.3. The van der Waals surface area contributed by atoms with Crippen LogP contribution in [0.4, 0.5) is 4.79 Å². The minimum atomic E-state index is -0.301. The number of benzene rings is 1. The Labute approximate surface area is 172 Å². The molecule has 1 saturated heterocycles. The molecule has 0 aromatic heterocycles. The molecule has 0 unspecified atom stereocenters. The van der Waals surface area contributed by atoms with Gasteiger partial charge in [-0.3, -0.25) is 4.79 Å². The Kier molecular flexibility index (Phi) is 6.87. The topological polar surface area (TPSA) is 88.1 Å². The summed E-state index contributed by atoms with van der Waals surface area (Å²) in [7, 11) is 1.48. The van der Waals surface area contributed by atoms with E-state index in [-0.39, 0.29) is 29.8 Å². The van der Waals surface area contributed by atoms with Crippen LogP contribution >= 0.6 is 0 Å². The Morgan fingerprint density at radius 3 is 2.52 bits per heavy atom. The molecule has 0 radical (unpaired) electrons. The van der Waals surface area contributed by atoms with Crippen molar-refractivity contribution in [1.82, 2.24) is 10.2 Å². The molecule has 1 aromatic rings. The second-order valence-electron chi connectivity index (χ2n) is 8.49. The molecule has 1 aromatic carbocycles. The molecule has 29 heavy (non-hydrogen) atoms. The van der Waals surface area contributed by atoms with Crippen molar-refractivity contribution >= 4 is 12.0 Å². The Bertz CT molecular complexity index is 722. The summed E-state index contributed by atoms with van der Waals surface area (Å²) in [6.45, 7) is 5.63. The maximum absolute atomic E-state index is 12.3. The van der Waals surface area contributed by atoms with Crippen molar-refractivity contribution in [3.05, 3.63) is 23.8 Å². The zero-order chi connectivity index (χ0) is 21.0. The van der Waals surface area contributed by atoms with Crippen LogP contribution in [0.2, 0.25) is 0 Å². The fourth-order valence-electron chi connectivity index (χ4n) is 4.05. The lowest BCUT2D eigenvalue weighted by atomic mass is 9.80. The first-order valence-corrected chi connectivity index (χ1v) is 10.5. The monoisotopic (exact) mass is 404 g/mol. The third-order valence-electron chi connectivity index (χ3n) is 6.15. The molecule has 0 spiro atoms. The molecule has 1 aliphatic heterocycles. The molecule has 0 bridgehead atoms. The van der Waals surface area contributed by atoms with Gasteiger partial charge in [0.2, 0.25) is 5.91 Å². The fraction of sp³-hybridized carbons (Fsp3) is 0.636. The third kappa shape index (κ3) is 5.34. The summed E-state index contributed by atoms with van der Waals surface area (Å²) in [5.41, 5.74) is 0.834. The Morgan fingerprint density at radius 1 is 1.21 bits per heavy atom. The number of nitrogens with zero attached hydrogens (tertiary/aromatic N) is 1. The average Bonchev–Trinajstić information content (AvgIpc) is 2.66. The van der Waals surface area contributed by atoms with Gasteiger partial charge in [-0.25, -0.2) is 4.79 Å². The lowest BCUT2D eigenvalue weighted by molar-refractivity contribution is -0.129. The van der Waals surface area contributed by atoms with Gasteiger partial charge in [-0.15, -0.1) is 0 Å². The fourth-order valence-corrected chi connectivity index (χ4v) is 4.05. The average molecular weight is 405 g/mol. The normalized spacial score (nSPS) is 22.1. The SMILES string of the molecule is COc1cc(CNC(=O)C2CN(C(=O)OC3CCC(C(C)C)CC3)C2)ccc1O. The number of hydrogen-bond donors (Lipinski definition) is 2. The summed E-state index contributed by atoms with van der Waals surface area (Å²) < 4.78 is 10.7. The Hall–Kier alpha value is -2.44. The van der Waals surface area contributed by atoms with Gasteiger partial charge >= 0.3 is 6.09 Å². The van der Waals surface area contributed by atoms with E-state index in [0.717, 1.165) is 37.2 Å². The van der Waals surface area contributed by atoms with Crippen LogP contribution in [0, 0.1) is 17.8 Å².